The molecule has 1 fully saturated rings. The van der Waals surface area contributed by atoms with Crippen LogP contribution in [-0.2, 0) is 19.1 Å². The van der Waals surface area contributed by atoms with Crippen molar-refractivity contribution >= 4 is 11.8 Å². The van der Waals surface area contributed by atoms with Gasteiger partial charge in [0.05, 0.1) is 6.10 Å². The maximum absolute atomic E-state index is 12.6. The molecular formula is C20H36O5. The number of ketones is 1. The summed E-state index contributed by atoms with van der Waals surface area (Å²) < 4.78 is 11.6. The van der Waals surface area contributed by atoms with Gasteiger partial charge in [-0.25, -0.2) is 0 Å². The molecule has 1 aliphatic rings. The summed E-state index contributed by atoms with van der Waals surface area (Å²) in [5, 5.41) is 9.42. The smallest absolute Gasteiger partial charge is 0.314 e. The molecule has 1 saturated heterocycles. The summed E-state index contributed by atoms with van der Waals surface area (Å²) in [6.07, 6.45) is 9.89. The summed E-state index contributed by atoms with van der Waals surface area (Å²) >= 11 is 0. The first-order valence-corrected chi connectivity index (χ1v) is 10.1. The second-order valence-electron chi connectivity index (χ2n) is 7.11. The van der Waals surface area contributed by atoms with Crippen LogP contribution in [-0.4, -0.2) is 35.9 Å². The lowest BCUT2D eigenvalue weighted by Crippen LogP contribution is -2.32. The molecule has 0 aromatic carbocycles. The minimum Gasteiger partial charge on any atom is -0.481 e. The molecular weight excluding hydrogens is 320 g/mol. The minimum atomic E-state index is -0.996. The van der Waals surface area contributed by atoms with E-state index >= 15 is 0 Å². The molecule has 0 aromatic rings. The first-order chi connectivity index (χ1) is 12.1. The van der Waals surface area contributed by atoms with Crippen molar-refractivity contribution in [3.63, 3.8) is 0 Å². The Balaban J connectivity index is 2.54. The van der Waals surface area contributed by atoms with Crippen molar-refractivity contribution in [3.05, 3.63) is 0 Å². The number of hydrogen-bond acceptors (Lipinski definition) is 4. The van der Waals surface area contributed by atoms with Crippen molar-refractivity contribution in [1.29, 1.82) is 0 Å². The number of carbonyl (C=O) groups excluding carboxylic acids is 1. The Hall–Kier alpha value is -0.940. The zero-order valence-electron chi connectivity index (χ0n) is 16.0. The Kier molecular flexibility index (Phi) is 11.7. The van der Waals surface area contributed by atoms with Gasteiger partial charge in [-0.05, 0) is 32.1 Å². The molecule has 1 rings (SSSR count). The molecule has 5 nitrogen and oxygen atoms in total. The van der Waals surface area contributed by atoms with Crippen LogP contribution in [0.1, 0.15) is 90.9 Å². The monoisotopic (exact) mass is 356 g/mol. The van der Waals surface area contributed by atoms with Crippen LogP contribution >= 0.6 is 0 Å². The van der Waals surface area contributed by atoms with E-state index in [0.717, 1.165) is 64.2 Å². The Morgan fingerprint density at radius 2 is 1.84 bits per heavy atom. The lowest BCUT2D eigenvalue weighted by molar-refractivity contribution is -0.191. The number of ether oxygens (including phenoxy) is 2. The van der Waals surface area contributed by atoms with Gasteiger partial charge in [-0.15, -0.1) is 0 Å². The van der Waals surface area contributed by atoms with Crippen molar-refractivity contribution in [3.8, 4) is 0 Å². The highest BCUT2D eigenvalue weighted by atomic mass is 16.7. The fraction of sp³-hybridized carbons (Fsp3) is 0.900. The Morgan fingerprint density at radius 3 is 2.44 bits per heavy atom. The van der Waals surface area contributed by atoms with Crippen LogP contribution in [0, 0.1) is 5.92 Å². The van der Waals surface area contributed by atoms with E-state index < -0.39 is 11.9 Å². The molecule has 1 aliphatic heterocycles. The molecule has 25 heavy (non-hydrogen) atoms. The third-order valence-corrected chi connectivity index (χ3v) is 4.82. The Bertz CT molecular complexity index is 376. The highest BCUT2D eigenvalue weighted by Crippen LogP contribution is 2.22. The number of carboxylic acid groups (broad SMARTS) is 1. The lowest BCUT2D eigenvalue weighted by Gasteiger charge is -2.28. The van der Waals surface area contributed by atoms with Gasteiger partial charge in [0, 0.05) is 13.0 Å². The molecule has 0 saturated carbocycles. The van der Waals surface area contributed by atoms with E-state index in [0.29, 0.717) is 13.0 Å². The largest absolute Gasteiger partial charge is 0.481 e. The Morgan fingerprint density at radius 1 is 1.08 bits per heavy atom. The topological polar surface area (TPSA) is 72.8 Å². The third-order valence-electron chi connectivity index (χ3n) is 4.82. The molecule has 0 amide bonds. The van der Waals surface area contributed by atoms with Crippen LogP contribution in [0.25, 0.3) is 0 Å². The van der Waals surface area contributed by atoms with Crippen molar-refractivity contribution < 1.29 is 24.2 Å². The van der Waals surface area contributed by atoms with Gasteiger partial charge < -0.3 is 14.6 Å². The van der Waals surface area contributed by atoms with Gasteiger partial charge >= 0.3 is 5.97 Å². The van der Waals surface area contributed by atoms with E-state index in [4.69, 9.17) is 9.47 Å². The highest BCUT2D eigenvalue weighted by Gasteiger charge is 2.29. The average molecular weight is 357 g/mol. The average Bonchev–Trinajstić information content (AvgIpc) is 2.60. The molecule has 0 bridgehead atoms. The van der Waals surface area contributed by atoms with Crippen molar-refractivity contribution in [2.75, 3.05) is 6.61 Å². The van der Waals surface area contributed by atoms with Crippen molar-refractivity contribution in [2.24, 2.45) is 5.92 Å². The molecule has 0 aromatic heterocycles. The second-order valence-corrected chi connectivity index (χ2v) is 7.11. The number of Topliss-reactive ketones (excluding diaryl/α,β-unsaturated/α-hetero) is 1. The van der Waals surface area contributed by atoms with Gasteiger partial charge in [0.2, 0.25) is 0 Å². The number of hydrogen-bond donors (Lipinski definition) is 1. The standard InChI is InChI=1S/C20H36O5/c1-3-5-7-8-12-17(20(22)23)18(21)15-16(11-6-4-2)25-19-13-9-10-14-24-19/h16-17,19H,3-15H2,1-2H3,(H,22,23). The van der Waals surface area contributed by atoms with Crippen LogP contribution in [0.5, 0.6) is 0 Å². The zero-order valence-corrected chi connectivity index (χ0v) is 16.0. The van der Waals surface area contributed by atoms with E-state index in [9.17, 15) is 14.7 Å². The molecule has 0 spiro atoms. The molecule has 1 heterocycles. The number of carbonyl (C=O) groups is 2. The van der Waals surface area contributed by atoms with Crippen LogP contribution in [0.15, 0.2) is 0 Å². The second kappa shape index (κ2) is 13.3. The van der Waals surface area contributed by atoms with Crippen LogP contribution in [0.4, 0.5) is 0 Å². The number of aliphatic carboxylic acids is 1. The number of carboxylic acids is 1. The number of unbranched alkanes of at least 4 members (excludes halogenated alkanes) is 4. The van der Waals surface area contributed by atoms with Crippen LogP contribution in [0.3, 0.4) is 0 Å². The van der Waals surface area contributed by atoms with Gasteiger partial charge in [-0.3, -0.25) is 9.59 Å². The summed E-state index contributed by atoms with van der Waals surface area (Å²) in [6.45, 7) is 4.92. The van der Waals surface area contributed by atoms with E-state index in [2.05, 4.69) is 13.8 Å². The third kappa shape index (κ3) is 9.36. The summed E-state index contributed by atoms with van der Waals surface area (Å²) in [4.78, 5) is 24.1. The summed E-state index contributed by atoms with van der Waals surface area (Å²) in [7, 11) is 0. The Labute approximate surface area is 152 Å². The normalized spacial score (nSPS) is 20.2. The lowest BCUT2D eigenvalue weighted by atomic mass is 9.92. The molecule has 3 unspecified atom stereocenters. The van der Waals surface area contributed by atoms with Gasteiger partial charge in [0.15, 0.2) is 6.29 Å². The van der Waals surface area contributed by atoms with E-state index in [1.165, 1.54) is 0 Å². The molecule has 5 heteroatoms. The van der Waals surface area contributed by atoms with E-state index in [-0.39, 0.29) is 24.6 Å². The molecule has 1 N–H and O–H groups in total. The van der Waals surface area contributed by atoms with Crippen molar-refractivity contribution in [1.82, 2.24) is 0 Å². The fourth-order valence-corrected chi connectivity index (χ4v) is 3.25. The van der Waals surface area contributed by atoms with Gasteiger partial charge in [0.25, 0.3) is 0 Å². The van der Waals surface area contributed by atoms with E-state index in [1.807, 2.05) is 0 Å². The van der Waals surface area contributed by atoms with Gasteiger partial charge in [-0.1, -0.05) is 52.4 Å². The molecule has 3 atom stereocenters. The first kappa shape index (κ1) is 22.1. The maximum atomic E-state index is 12.6. The molecule has 146 valence electrons. The minimum absolute atomic E-state index is 0.185. The summed E-state index contributed by atoms with van der Waals surface area (Å²) in [5.74, 6) is -2.08. The SMILES string of the molecule is CCCCCCC(C(=O)O)C(=O)CC(CCCC)OC1CCCCO1. The fourth-order valence-electron chi connectivity index (χ4n) is 3.25. The molecule has 0 radical (unpaired) electrons. The maximum Gasteiger partial charge on any atom is 0.314 e. The highest BCUT2D eigenvalue weighted by molar-refractivity contribution is 5.98. The predicted octanol–water partition coefficient (Wildman–Crippen LogP) is 4.72. The predicted molar refractivity (Wildman–Crippen MR) is 97.5 cm³/mol. The molecule has 0 aliphatic carbocycles. The van der Waals surface area contributed by atoms with E-state index in [1.54, 1.807) is 0 Å². The number of rotatable bonds is 14. The van der Waals surface area contributed by atoms with Crippen LogP contribution < -0.4 is 0 Å². The summed E-state index contributed by atoms with van der Waals surface area (Å²) in [5.41, 5.74) is 0. The van der Waals surface area contributed by atoms with Gasteiger partial charge in [0.1, 0.15) is 11.7 Å². The zero-order chi connectivity index (χ0) is 18.5. The summed E-state index contributed by atoms with van der Waals surface area (Å²) in [6, 6.07) is 0. The first-order valence-electron chi connectivity index (χ1n) is 10.1. The van der Waals surface area contributed by atoms with Crippen LogP contribution in [0.2, 0.25) is 0 Å². The van der Waals surface area contributed by atoms with Gasteiger partial charge in [-0.2, -0.15) is 0 Å². The van der Waals surface area contributed by atoms with Crippen molar-refractivity contribution in [2.45, 2.75) is 103 Å². The quantitative estimate of drug-likeness (QED) is 0.360.